The van der Waals surface area contributed by atoms with Gasteiger partial charge in [0.2, 0.25) is 11.8 Å². The highest BCUT2D eigenvalue weighted by Gasteiger charge is 2.23. The predicted molar refractivity (Wildman–Crippen MR) is 93.9 cm³/mol. The summed E-state index contributed by atoms with van der Waals surface area (Å²) in [5, 5.41) is 5.09. The predicted octanol–water partition coefficient (Wildman–Crippen LogP) is 2.87. The van der Waals surface area contributed by atoms with E-state index in [0.717, 1.165) is 36.9 Å². The molecule has 3 rings (SSSR count). The van der Waals surface area contributed by atoms with Crippen LogP contribution in [-0.4, -0.2) is 29.4 Å². The minimum Gasteiger partial charge on any atom is -0.352 e. The number of hydrogen-bond donors (Lipinski definition) is 2. The average Bonchev–Trinajstić information content (AvgIpc) is 2.58. The number of amides is 2. The zero-order valence-corrected chi connectivity index (χ0v) is 14.3. The van der Waals surface area contributed by atoms with Crippen LogP contribution in [0.2, 0.25) is 5.02 Å². The van der Waals surface area contributed by atoms with Gasteiger partial charge in [0.25, 0.3) is 0 Å². The highest BCUT2D eigenvalue weighted by atomic mass is 35.5. The fraction of sp³-hybridized carbons (Fsp3) is 0.444. The van der Waals surface area contributed by atoms with E-state index in [4.69, 9.17) is 11.6 Å². The van der Waals surface area contributed by atoms with Gasteiger partial charge in [-0.25, -0.2) is 5.01 Å². The van der Waals surface area contributed by atoms with Crippen LogP contribution >= 0.6 is 11.6 Å². The van der Waals surface area contributed by atoms with Crippen LogP contribution in [0.15, 0.2) is 30.3 Å². The number of nitrogens with one attached hydrogen (secondary N) is 2. The topological polar surface area (TPSA) is 61.4 Å². The van der Waals surface area contributed by atoms with E-state index in [1.165, 1.54) is 11.4 Å². The molecule has 24 heavy (non-hydrogen) atoms. The van der Waals surface area contributed by atoms with Gasteiger partial charge < -0.3 is 5.32 Å². The van der Waals surface area contributed by atoms with Crippen molar-refractivity contribution in [3.05, 3.63) is 40.9 Å². The smallest absolute Gasteiger partial charge is 0.245 e. The Morgan fingerprint density at radius 2 is 1.92 bits per heavy atom. The third-order valence-corrected chi connectivity index (χ3v) is 4.72. The monoisotopic (exact) mass is 347 g/mol. The molecule has 0 atom stereocenters. The van der Waals surface area contributed by atoms with Gasteiger partial charge in [0.05, 0.1) is 5.70 Å². The molecule has 1 aromatic carbocycles. The lowest BCUT2D eigenvalue weighted by atomic mass is 9.95. The maximum atomic E-state index is 12.2. The Hall–Kier alpha value is -2.01. The first-order valence-electron chi connectivity index (χ1n) is 8.44. The Morgan fingerprint density at radius 3 is 2.62 bits per heavy atom. The molecule has 1 fully saturated rings. The molecule has 0 radical (unpaired) electrons. The minimum absolute atomic E-state index is 0.0280. The van der Waals surface area contributed by atoms with Crippen molar-refractivity contribution < 1.29 is 9.59 Å². The third-order valence-electron chi connectivity index (χ3n) is 4.46. The van der Waals surface area contributed by atoms with E-state index in [2.05, 4.69) is 10.7 Å². The van der Waals surface area contributed by atoms with Crippen LogP contribution in [0.5, 0.6) is 0 Å². The van der Waals surface area contributed by atoms with Crippen LogP contribution in [0.25, 0.3) is 5.70 Å². The normalized spacial score (nSPS) is 18.8. The van der Waals surface area contributed by atoms with Crippen LogP contribution in [0.1, 0.15) is 44.1 Å². The van der Waals surface area contributed by atoms with Crippen molar-refractivity contribution >= 4 is 29.1 Å². The molecule has 0 bridgehead atoms. The van der Waals surface area contributed by atoms with Crippen molar-refractivity contribution in [3.8, 4) is 0 Å². The zero-order valence-electron chi connectivity index (χ0n) is 13.6. The number of halogens is 1. The standard InChI is InChI=1S/C18H22ClN3O2/c19-14-8-6-13(7-9-14)16-10-11-18(24)22(21-16)12-17(23)20-15-4-2-1-3-5-15/h6-10,15,21H,1-5,11-12H2,(H,20,23). The Bertz CT molecular complexity index is 636. The fourth-order valence-electron chi connectivity index (χ4n) is 3.16. The molecule has 2 aliphatic rings. The second-order valence-corrected chi connectivity index (χ2v) is 6.76. The number of nitrogens with zero attached hydrogens (tertiary/aromatic N) is 1. The maximum Gasteiger partial charge on any atom is 0.245 e. The van der Waals surface area contributed by atoms with Gasteiger partial charge in [-0.2, -0.15) is 0 Å². The van der Waals surface area contributed by atoms with Gasteiger partial charge in [-0.05, 0) is 36.6 Å². The third kappa shape index (κ3) is 4.29. The molecule has 128 valence electrons. The molecule has 6 heteroatoms. The summed E-state index contributed by atoms with van der Waals surface area (Å²) >= 11 is 5.91. The molecular weight excluding hydrogens is 326 g/mol. The quantitative estimate of drug-likeness (QED) is 0.880. The number of benzene rings is 1. The lowest BCUT2D eigenvalue weighted by molar-refractivity contribution is -0.138. The summed E-state index contributed by atoms with van der Waals surface area (Å²) in [5.74, 6) is -0.216. The molecule has 2 N–H and O–H groups in total. The summed E-state index contributed by atoms with van der Waals surface area (Å²) in [4.78, 5) is 24.3. The molecule has 1 aromatic rings. The number of carbonyl (C=O) groups excluding carboxylic acids is 2. The molecule has 2 amide bonds. The van der Waals surface area contributed by atoms with Gasteiger partial charge in [0, 0.05) is 17.5 Å². The van der Waals surface area contributed by atoms with Gasteiger partial charge in [-0.1, -0.05) is 43.0 Å². The van der Waals surface area contributed by atoms with Gasteiger partial charge in [-0.15, -0.1) is 0 Å². The van der Waals surface area contributed by atoms with Crippen molar-refractivity contribution in [1.29, 1.82) is 0 Å². The van der Waals surface area contributed by atoms with Crippen LogP contribution in [0.3, 0.4) is 0 Å². The van der Waals surface area contributed by atoms with E-state index in [-0.39, 0.29) is 30.8 Å². The van der Waals surface area contributed by atoms with Crippen LogP contribution in [0, 0.1) is 0 Å². The number of hydrazine groups is 1. The minimum atomic E-state index is -0.111. The van der Waals surface area contributed by atoms with Crippen molar-refractivity contribution in [1.82, 2.24) is 15.8 Å². The van der Waals surface area contributed by atoms with E-state index in [0.29, 0.717) is 5.02 Å². The number of carbonyl (C=O) groups is 2. The Kier molecular flexibility index (Phi) is 5.41. The maximum absolute atomic E-state index is 12.2. The van der Waals surface area contributed by atoms with Crippen LogP contribution in [-0.2, 0) is 9.59 Å². The van der Waals surface area contributed by atoms with Crippen molar-refractivity contribution in [3.63, 3.8) is 0 Å². The largest absolute Gasteiger partial charge is 0.352 e. The number of hydrogen-bond acceptors (Lipinski definition) is 3. The molecule has 0 spiro atoms. The Balaban J connectivity index is 1.59. The van der Waals surface area contributed by atoms with Crippen molar-refractivity contribution in [2.75, 3.05) is 6.54 Å². The average molecular weight is 348 g/mol. The zero-order chi connectivity index (χ0) is 16.9. The molecule has 1 heterocycles. The van der Waals surface area contributed by atoms with Gasteiger partial charge in [0.15, 0.2) is 0 Å². The second-order valence-electron chi connectivity index (χ2n) is 6.32. The molecule has 0 saturated heterocycles. The second kappa shape index (κ2) is 7.71. The molecular formula is C18H22ClN3O2. The highest BCUT2D eigenvalue weighted by molar-refractivity contribution is 6.30. The van der Waals surface area contributed by atoms with E-state index < -0.39 is 0 Å². The summed E-state index contributed by atoms with van der Waals surface area (Å²) in [5.41, 5.74) is 4.80. The highest BCUT2D eigenvalue weighted by Crippen LogP contribution is 2.20. The first kappa shape index (κ1) is 16.8. The molecule has 5 nitrogen and oxygen atoms in total. The summed E-state index contributed by atoms with van der Waals surface area (Å²) in [6.07, 6.45) is 7.74. The van der Waals surface area contributed by atoms with Crippen molar-refractivity contribution in [2.24, 2.45) is 0 Å². The van der Waals surface area contributed by atoms with Crippen LogP contribution in [0.4, 0.5) is 0 Å². The summed E-state index contributed by atoms with van der Waals surface area (Å²) in [6.45, 7) is 0.0280. The summed E-state index contributed by atoms with van der Waals surface area (Å²) < 4.78 is 0. The first-order valence-corrected chi connectivity index (χ1v) is 8.82. The molecule has 1 saturated carbocycles. The molecule has 0 aromatic heterocycles. The summed E-state index contributed by atoms with van der Waals surface area (Å²) in [6, 6.07) is 7.62. The SMILES string of the molecule is O=C(CN1NC(c2ccc(Cl)cc2)=CCC1=O)NC1CCCCC1. The van der Waals surface area contributed by atoms with E-state index in [9.17, 15) is 9.59 Å². The molecule has 1 aliphatic carbocycles. The molecule has 1 aliphatic heterocycles. The Morgan fingerprint density at radius 1 is 1.21 bits per heavy atom. The van der Waals surface area contributed by atoms with Gasteiger partial charge >= 0.3 is 0 Å². The van der Waals surface area contributed by atoms with Crippen LogP contribution < -0.4 is 10.7 Å². The number of rotatable bonds is 4. The lowest BCUT2D eigenvalue weighted by Gasteiger charge is -2.30. The first-order chi connectivity index (χ1) is 11.6. The summed E-state index contributed by atoms with van der Waals surface area (Å²) in [7, 11) is 0. The van der Waals surface area contributed by atoms with Gasteiger partial charge in [0.1, 0.15) is 6.54 Å². The molecule has 0 unspecified atom stereocenters. The van der Waals surface area contributed by atoms with E-state index in [1.807, 2.05) is 18.2 Å². The fourth-order valence-corrected chi connectivity index (χ4v) is 3.28. The van der Waals surface area contributed by atoms with E-state index in [1.54, 1.807) is 12.1 Å². The Labute approximate surface area is 147 Å². The van der Waals surface area contributed by atoms with E-state index >= 15 is 0 Å². The van der Waals surface area contributed by atoms with Crippen molar-refractivity contribution in [2.45, 2.75) is 44.6 Å². The lowest BCUT2D eigenvalue weighted by Crippen LogP contribution is -2.50. The van der Waals surface area contributed by atoms with Gasteiger partial charge in [-0.3, -0.25) is 15.0 Å².